The number of carboxylic acids is 1. The minimum atomic E-state index is -0.766. The lowest BCUT2D eigenvalue weighted by molar-refractivity contribution is -0.138. The van der Waals surface area contributed by atoms with Gasteiger partial charge in [-0.1, -0.05) is 103 Å². The Kier molecular flexibility index (Phi) is 22.1. The summed E-state index contributed by atoms with van der Waals surface area (Å²) in [6.07, 6.45) is 21.9. The van der Waals surface area contributed by atoms with Gasteiger partial charge in [-0.25, -0.2) is 0 Å². The predicted molar refractivity (Wildman–Crippen MR) is 133 cm³/mol. The molecule has 0 atom stereocenters. The van der Waals surface area contributed by atoms with Gasteiger partial charge in [0.15, 0.2) is 11.6 Å². The van der Waals surface area contributed by atoms with Crippen LogP contribution in [0.5, 0.6) is 0 Å². The molecule has 0 aliphatic rings. The van der Waals surface area contributed by atoms with Crippen molar-refractivity contribution in [3.05, 3.63) is 0 Å². The average molecular weight is 454 g/mol. The molecule has 0 saturated carbocycles. The van der Waals surface area contributed by atoms with E-state index in [1.807, 2.05) is 11.9 Å². The fourth-order valence-electron chi connectivity index (χ4n) is 4.09. The quantitative estimate of drug-likeness (QED) is 0.119. The van der Waals surface area contributed by atoms with Crippen LogP contribution in [0.1, 0.15) is 135 Å². The molecule has 0 unspecified atom stereocenters. The van der Waals surface area contributed by atoms with Crippen LogP contribution in [0.25, 0.3) is 0 Å². The molecule has 0 heterocycles. The Balaban J connectivity index is 3.37. The molecule has 0 bridgehead atoms. The molecule has 0 spiro atoms. The van der Waals surface area contributed by atoms with Crippen molar-refractivity contribution in [3.8, 4) is 0 Å². The van der Waals surface area contributed by atoms with E-state index in [0.717, 1.165) is 51.5 Å². The van der Waals surface area contributed by atoms with Crippen LogP contribution < -0.4 is 0 Å². The van der Waals surface area contributed by atoms with Gasteiger partial charge in [0.2, 0.25) is 0 Å². The number of aliphatic carboxylic acids is 1. The molecular weight excluding hydrogens is 402 g/mol. The first-order valence-corrected chi connectivity index (χ1v) is 13.4. The molecule has 0 aromatic carbocycles. The number of hydrogen-bond donors (Lipinski definition) is 1. The highest BCUT2D eigenvalue weighted by Crippen LogP contribution is 2.13. The fourth-order valence-corrected chi connectivity index (χ4v) is 4.09. The van der Waals surface area contributed by atoms with Crippen LogP contribution in [0.4, 0.5) is 0 Å². The SMILES string of the molecule is CCCCCCCCCCCC(=O)C(=O)CCCCCCCCCCCN(C)CC(=O)O. The first kappa shape index (κ1) is 30.8. The lowest BCUT2D eigenvalue weighted by Crippen LogP contribution is -2.26. The molecule has 0 saturated heterocycles. The zero-order valence-electron chi connectivity index (χ0n) is 21.2. The van der Waals surface area contributed by atoms with Gasteiger partial charge in [-0.15, -0.1) is 0 Å². The van der Waals surface area contributed by atoms with E-state index in [1.54, 1.807) is 0 Å². The summed E-state index contributed by atoms with van der Waals surface area (Å²) in [5, 5.41) is 8.71. The lowest BCUT2D eigenvalue weighted by atomic mass is 10.0. The van der Waals surface area contributed by atoms with Crippen molar-refractivity contribution in [2.24, 2.45) is 0 Å². The van der Waals surface area contributed by atoms with Gasteiger partial charge >= 0.3 is 5.97 Å². The maximum absolute atomic E-state index is 12.0. The number of rotatable bonds is 25. The van der Waals surface area contributed by atoms with Crippen molar-refractivity contribution < 1.29 is 19.5 Å². The van der Waals surface area contributed by atoms with E-state index >= 15 is 0 Å². The fraction of sp³-hybridized carbons (Fsp3) is 0.889. The normalized spacial score (nSPS) is 11.2. The largest absolute Gasteiger partial charge is 0.480 e. The first-order chi connectivity index (χ1) is 15.5. The van der Waals surface area contributed by atoms with Crippen LogP contribution in [0.3, 0.4) is 0 Å². The molecule has 188 valence electrons. The molecule has 32 heavy (non-hydrogen) atoms. The summed E-state index contributed by atoms with van der Waals surface area (Å²) >= 11 is 0. The maximum atomic E-state index is 12.0. The van der Waals surface area contributed by atoms with Gasteiger partial charge in [0.1, 0.15) is 0 Å². The first-order valence-electron chi connectivity index (χ1n) is 13.4. The van der Waals surface area contributed by atoms with Gasteiger partial charge in [0.25, 0.3) is 0 Å². The number of carboxylic acid groups (broad SMARTS) is 1. The minimum Gasteiger partial charge on any atom is -0.480 e. The van der Waals surface area contributed by atoms with E-state index in [0.29, 0.717) is 12.8 Å². The van der Waals surface area contributed by atoms with E-state index < -0.39 is 5.97 Å². The maximum Gasteiger partial charge on any atom is 0.317 e. The summed E-state index contributed by atoms with van der Waals surface area (Å²) in [6.45, 7) is 3.20. The highest BCUT2D eigenvalue weighted by molar-refractivity contribution is 6.37. The van der Waals surface area contributed by atoms with Crippen LogP contribution >= 0.6 is 0 Å². The Morgan fingerprint density at radius 1 is 0.562 bits per heavy atom. The number of nitrogens with zero attached hydrogens (tertiary/aromatic N) is 1. The minimum absolute atomic E-state index is 0.118. The number of unbranched alkanes of at least 4 members (excludes halogenated alkanes) is 16. The number of carbonyl (C=O) groups excluding carboxylic acids is 2. The van der Waals surface area contributed by atoms with Crippen LogP contribution in [0.2, 0.25) is 0 Å². The van der Waals surface area contributed by atoms with Crippen molar-refractivity contribution >= 4 is 17.5 Å². The Bertz CT molecular complexity index is 478. The van der Waals surface area contributed by atoms with E-state index in [4.69, 9.17) is 5.11 Å². The number of carbonyl (C=O) groups is 3. The summed E-state index contributed by atoms with van der Waals surface area (Å²) in [6, 6.07) is 0. The molecule has 0 amide bonds. The summed E-state index contributed by atoms with van der Waals surface area (Å²) in [7, 11) is 1.85. The van der Waals surface area contributed by atoms with Gasteiger partial charge < -0.3 is 5.11 Å². The number of Topliss-reactive ketones (excluding diaryl/α,β-unsaturated/α-hetero) is 2. The van der Waals surface area contributed by atoms with E-state index in [-0.39, 0.29) is 18.1 Å². The molecule has 0 rings (SSSR count). The molecule has 1 N–H and O–H groups in total. The average Bonchev–Trinajstić information content (AvgIpc) is 2.75. The van der Waals surface area contributed by atoms with Gasteiger partial charge in [0, 0.05) is 12.8 Å². The highest BCUT2D eigenvalue weighted by atomic mass is 16.4. The summed E-state index contributed by atoms with van der Waals surface area (Å²) in [4.78, 5) is 36.4. The molecule has 0 aromatic rings. The van der Waals surface area contributed by atoms with E-state index in [2.05, 4.69) is 6.92 Å². The van der Waals surface area contributed by atoms with Crippen LogP contribution in [0.15, 0.2) is 0 Å². The Morgan fingerprint density at radius 3 is 1.28 bits per heavy atom. The smallest absolute Gasteiger partial charge is 0.317 e. The molecule has 0 aliphatic heterocycles. The summed E-state index contributed by atoms with van der Waals surface area (Å²) in [5.41, 5.74) is 0. The zero-order valence-corrected chi connectivity index (χ0v) is 21.2. The van der Waals surface area contributed by atoms with Gasteiger partial charge in [0.05, 0.1) is 6.54 Å². The number of ketones is 2. The Morgan fingerprint density at radius 2 is 0.906 bits per heavy atom. The standard InChI is InChI=1S/C27H51NO4/c1-3-4-5-6-7-9-12-15-18-21-25(29)26(30)22-19-16-13-10-8-11-14-17-20-23-28(2)24-27(31)32/h3-24H2,1-2H3,(H,31,32). The molecular formula is C27H51NO4. The third-order valence-corrected chi connectivity index (χ3v) is 6.17. The van der Waals surface area contributed by atoms with Gasteiger partial charge in [-0.2, -0.15) is 0 Å². The second-order valence-electron chi connectivity index (χ2n) is 9.49. The molecule has 0 aromatic heterocycles. The van der Waals surface area contributed by atoms with Crippen LogP contribution in [0, 0.1) is 0 Å². The number of hydrogen-bond acceptors (Lipinski definition) is 4. The second-order valence-corrected chi connectivity index (χ2v) is 9.49. The third-order valence-electron chi connectivity index (χ3n) is 6.17. The van der Waals surface area contributed by atoms with E-state index in [1.165, 1.54) is 70.6 Å². The second kappa shape index (κ2) is 22.9. The molecule has 5 heteroatoms. The molecule has 5 nitrogen and oxygen atoms in total. The lowest BCUT2D eigenvalue weighted by Gasteiger charge is -2.13. The Hall–Kier alpha value is -1.23. The Labute approximate surface area is 197 Å². The zero-order chi connectivity index (χ0) is 23.9. The highest BCUT2D eigenvalue weighted by Gasteiger charge is 2.12. The topological polar surface area (TPSA) is 74.7 Å². The van der Waals surface area contributed by atoms with E-state index in [9.17, 15) is 14.4 Å². The monoisotopic (exact) mass is 453 g/mol. The van der Waals surface area contributed by atoms with Gasteiger partial charge in [-0.05, 0) is 32.9 Å². The summed E-state index contributed by atoms with van der Waals surface area (Å²) in [5.74, 6) is -1.07. The molecule has 0 radical (unpaired) electrons. The molecule has 0 aliphatic carbocycles. The van der Waals surface area contributed by atoms with Crippen LogP contribution in [-0.4, -0.2) is 47.7 Å². The van der Waals surface area contributed by atoms with Crippen molar-refractivity contribution in [3.63, 3.8) is 0 Å². The van der Waals surface area contributed by atoms with Crippen molar-refractivity contribution in [2.75, 3.05) is 20.1 Å². The summed E-state index contributed by atoms with van der Waals surface area (Å²) < 4.78 is 0. The van der Waals surface area contributed by atoms with Crippen molar-refractivity contribution in [2.45, 2.75) is 135 Å². The predicted octanol–water partition coefficient (Wildman–Crippen LogP) is 6.96. The van der Waals surface area contributed by atoms with Crippen molar-refractivity contribution in [1.29, 1.82) is 0 Å². The van der Waals surface area contributed by atoms with Gasteiger partial charge in [-0.3, -0.25) is 19.3 Å². The third kappa shape index (κ3) is 22.0. The van der Waals surface area contributed by atoms with Crippen molar-refractivity contribution in [1.82, 2.24) is 4.90 Å². The van der Waals surface area contributed by atoms with Crippen LogP contribution in [-0.2, 0) is 14.4 Å². The molecule has 0 fully saturated rings. The number of likely N-dealkylation sites (N-methyl/N-ethyl adjacent to an activating group) is 1.